The van der Waals surface area contributed by atoms with E-state index in [2.05, 4.69) is 5.32 Å². The van der Waals surface area contributed by atoms with Gasteiger partial charge in [0.25, 0.3) is 0 Å². The zero-order valence-electron chi connectivity index (χ0n) is 9.96. The lowest BCUT2D eigenvalue weighted by molar-refractivity contribution is -0.116. The second kappa shape index (κ2) is 5.53. The maximum absolute atomic E-state index is 11.3. The lowest BCUT2D eigenvalue weighted by Gasteiger charge is -2.21. The smallest absolute Gasteiger partial charge is 0.408 e. The van der Waals surface area contributed by atoms with Gasteiger partial charge in [-0.05, 0) is 40.7 Å². The van der Waals surface area contributed by atoms with Crippen LogP contribution in [-0.2, 0) is 9.53 Å². The van der Waals surface area contributed by atoms with Gasteiger partial charge in [-0.3, -0.25) is 4.79 Å². The highest BCUT2D eigenvalue weighted by atomic mass is 16.6. The van der Waals surface area contributed by atoms with E-state index in [1.165, 1.54) is 6.08 Å². The molecule has 0 aliphatic rings. The number of rotatable bonds is 3. The summed E-state index contributed by atoms with van der Waals surface area (Å²) in [6.07, 6.45) is 2.48. The average Bonchev–Trinajstić information content (AvgIpc) is 2.00. The molecule has 0 rings (SSSR count). The summed E-state index contributed by atoms with van der Waals surface area (Å²) in [5.41, 5.74) is -0.548. The van der Waals surface area contributed by atoms with Crippen LogP contribution in [0.5, 0.6) is 0 Å². The molecule has 0 aliphatic heterocycles. The number of carbonyl (C=O) groups is 2. The second-order valence-corrected chi connectivity index (χ2v) is 4.27. The number of amides is 1. The second-order valence-electron chi connectivity index (χ2n) is 4.27. The number of hydrogen-bond donors (Lipinski definition) is 1. The average molecular weight is 213 g/mol. The van der Waals surface area contributed by atoms with Crippen LogP contribution in [-0.4, -0.2) is 23.5 Å². The minimum atomic E-state index is -0.576. The van der Waals surface area contributed by atoms with Gasteiger partial charge in [0, 0.05) is 0 Å². The van der Waals surface area contributed by atoms with Gasteiger partial charge in [0.2, 0.25) is 0 Å². The molecule has 0 aromatic carbocycles. The van der Waals surface area contributed by atoms with Crippen molar-refractivity contribution < 1.29 is 14.3 Å². The van der Waals surface area contributed by atoms with E-state index in [0.29, 0.717) is 0 Å². The van der Waals surface area contributed by atoms with E-state index in [-0.39, 0.29) is 5.78 Å². The minimum Gasteiger partial charge on any atom is -0.444 e. The van der Waals surface area contributed by atoms with Crippen LogP contribution < -0.4 is 5.32 Å². The third kappa shape index (κ3) is 6.71. The first-order valence-electron chi connectivity index (χ1n) is 4.92. The van der Waals surface area contributed by atoms with Crippen LogP contribution in [0.3, 0.4) is 0 Å². The lowest BCUT2D eigenvalue weighted by Crippen LogP contribution is -2.41. The molecule has 0 aromatic rings. The van der Waals surface area contributed by atoms with Crippen LogP contribution in [0.1, 0.15) is 34.6 Å². The van der Waals surface area contributed by atoms with Crippen molar-refractivity contribution in [1.82, 2.24) is 5.32 Å². The van der Waals surface area contributed by atoms with Gasteiger partial charge in [-0.1, -0.05) is 6.08 Å². The number of allylic oxidation sites excluding steroid dienone is 1. The van der Waals surface area contributed by atoms with Gasteiger partial charge < -0.3 is 10.1 Å². The molecule has 0 aromatic heterocycles. The minimum absolute atomic E-state index is 0.150. The molecule has 0 fully saturated rings. The monoisotopic (exact) mass is 213 g/mol. The zero-order chi connectivity index (χ0) is 12.1. The summed E-state index contributed by atoms with van der Waals surface area (Å²) in [5, 5.41) is 2.46. The van der Waals surface area contributed by atoms with E-state index in [4.69, 9.17) is 4.74 Å². The molecular weight excluding hydrogens is 194 g/mol. The highest BCUT2D eigenvalue weighted by Gasteiger charge is 2.19. The summed E-state index contributed by atoms with van der Waals surface area (Å²) >= 11 is 0. The molecule has 0 saturated heterocycles. The van der Waals surface area contributed by atoms with Gasteiger partial charge in [0.05, 0.1) is 6.04 Å². The molecule has 0 spiro atoms. The van der Waals surface area contributed by atoms with Crippen molar-refractivity contribution in [2.24, 2.45) is 0 Å². The summed E-state index contributed by atoms with van der Waals surface area (Å²) < 4.78 is 5.01. The van der Waals surface area contributed by atoms with Gasteiger partial charge in [0.1, 0.15) is 5.60 Å². The lowest BCUT2D eigenvalue weighted by atomic mass is 10.2. The Kier molecular flexibility index (Phi) is 5.05. The van der Waals surface area contributed by atoms with Crippen molar-refractivity contribution in [3.63, 3.8) is 0 Å². The Morgan fingerprint density at radius 2 is 1.87 bits per heavy atom. The van der Waals surface area contributed by atoms with Crippen LogP contribution in [0.2, 0.25) is 0 Å². The molecule has 0 saturated carbocycles. The molecule has 86 valence electrons. The Morgan fingerprint density at radius 1 is 1.33 bits per heavy atom. The summed E-state index contributed by atoms with van der Waals surface area (Å²) in [5.74, 6) is -0.150. The standard InChI is InChI=1S/C11H19NO3/c1-6-7-9(13)8(2)12-10(14)15-11(3,4)5/h6-8H,1-5H3,(H,12,14)/b7-6-/t8-/m0/s1. The SMILES string of the molecule is C/C=C\C(=O)[C@H](C)NC(=O)OC(C)(C)C. The largest absolute Gasteiger partial charge is 0.444 e. The number of nitrogens with one attached hydrogen (secondary N) is 1. The Hall–Kier alpha value is -1.32. The van der Waals surface area contributed by atoms with Crippen LogP contribution in [0.25, 0.3) is 0 Å². The molecule has 15 heavy (non-hydrogen) atoms. The van der Waals surface area contributed by atoms with Crippen LogP contribution >= 0.6 is 0 Å². The molecule has 0 unspecified atom stereocenters. The fourth-order valence-corrected chi connectivity index (χ4v) is 0.864. The van der Waals surface area contributed by atoms with Crippen molar-refractivity contribution >= 4 is 11.9 Å². The Morgan fingerprint density at radius 3 is 2.27 bits per heavy atom. The fourth-order valence-electron chi connectivity index (χ4n) is 0.864. The zero-order valence-corrected chi connectivity index (χ0v) is 9.96. The normalized spacial score (nSPS) is 13.7. The molecular formula is C11H19NO3. The molecule has 1 N–H and O–H groups in total. The van der Waals surface area contributed by atoms with E-state index in [1.807, 2.05) is 0 Å². The highest BCUT2D eigenvalue weighted by molar-refractivity contribution is 5.95. The van der Waals surface area contributed by atoms with Crippen molar-refractivity contribution in [1.29, 1.82) is 0 Å². The predicted molar refractivity (Wildman–Crippen MR) is 58.7 cm³/mol. The quantitative estimate of drug-likeness (QED) is 0.730. The summed E-state index contributed by atoms with van der Waals surface area (Å²) in [6, 6.07) is -0.559. The van der Waals surface area contributed by atoms with E-state index < -0.39 is 17.7 Å². The predicted octanol–water partition coefficient (Wildman–Crippen LogP) is 2.04. The van der Waals surface area contributed by atoms with E-state index in [9.17, 15) is 9.59 Å². The molecule has 4 nitrogen and oxygen atoms in total. The van der Waals surface area contributed by atoms with Crippen molar-refractivity contribution in [2.45, 2.75) is 46.3 Å². The summed E-state index contributed by atoms with van der Waals surface area (Å²) in [7, 11) is 0. The number of hydrogen-bond acceptors (Lipinski definition) is 3. The highest BCUT2D eigenvalue weighted by Crippen LogP contribution is 2.06. The third-order valence-corrected chi connectivity index (χ3v) is 1.49. The van der Waals surface area contributed by atoms with Gasteiger partial charge in [-0.2, -0.15) is 0 Å². The maximum atomic E-state index is 11.3. The molecule has 1 amide bonds. The van der Waals surface area contributed by atoms with E-state index in [0.717, 1.165) is 0 Å². The summed E-state index contributed by atoms with van der Waals surface area (Å²) in [6.45, 7) is 8.67. The molecule has 0 aliphatic carbocycles. The first-order valence-corrected chi connectivity index (χ1v) is 4.92. The number of alkyl carbamates (subject to hydrolysis) is 1. The van der Waals surface area contributed by atoms with Crippen molar-refractivity contribution in [3.8, 4) is 0 Å². The summed E-state index contributed by atoms with van der Waals surface area (Å²) in [4.78, 5) is 22.6. The van der Waals surface area contributed by atoms with E-state index >= 15 is 0 Å². The molecule has 1 atom stereocenters. The molecule has 0 radical (unpaired) electrons. The fraction of sp³-hybridized carbons (Fsp3) is 0.636. The number of ether oxygens (including phenoxy) is 1. The maximum Gasteiger partial charge on any atom is 0.408 e. The Labute approximate surface area is 90.7 Å². The van der Waals surface area contributed by atoms with Gasteiger partial charge in [-0.25, -0.2) is 4.79 Å². The van der Waals surface area contributed by atoms with Crippen LogP contribution in [0, 0.1) is 0 Å². The molecule has 0 bridgehead atoms. The van der Waals surface area contributed by atoms with Gasteiger partial charge in [-0.15, -0.1) is 0 Å². The Bertz CT molecular complexity index is 263. The van der Waals surface area contributed by atoms with Crippen LogP contribution in [0.4, 0.5) is 4.79 Å². The number of carbonyl (C=O) groups excluding carboxylic acids is 2. The van der Waals surface area contributed by atoms with Crippen molar-refractivity contribution in [2.75, 3.05) is 0 Å². The van der Waals surface area contributed by atoms with Gasteiger partial charge in [0.15, 0.2) is 5.78 Å². The topological polar surface area (TPSA) is 55.4 Å². The van der Waals surface area contributed by atoms with E-state index in [1.54, 1.807) is 40.7 Å². The van der Waals surface area contributed by atoms with Gasteiger partial charge >= 0.3 is 6.09 Å². The first-order chi connectivity index (χ1) is 6.76. The Balaban J connectivity index is 4.13. The molecule has 4 heteroatoms. The van der Waals surface area contributed by atoms with Crippen molar-refractivity contribution in [3.05, 3.63) is 12.2 Å². The number of ketones is 1. The third-order valence-electron chi connectivity index (χ3n) is 1.49. The molecule has 0 heterocycles. The van der Waals surface area contributed by atoms with Crippen LogP contribution in [0.15, 0.2) is 12.2 Å². The first kappa shape index (κ1) is 13.7.